The lowest BCUT2D eigenvalue weighted by molar-refractivity contribution is -0.114. The molecule has 4 aromatic rings. The second-order valence-corrected chi connectivity index (χ2v) is 9.31. The van der Waals surface area contributed by atoms with Crippen LogP contribution in [0.4, 0.5) is 10.1 Å². The SMILES string of the molecule is O=C(NCc1ccccn1)c1ccc2c(c1)N(Cc1ccc(F)cc1)C(=O)C(=Cc1ccccc1)S2. The van der Waals surface area contributed by atoms with E-state index in [1.165, 1.54) is 23.9 Å². The van der Waals surface area contributed by atoms with Gasteiger partial charge in [0.15, 0.2) is 0 Å². The summed E-state index contributed by atoms with van der Waals surface area (Å²) in [7, 11) is 0. The minimum absolute atomic E-state index is 0.174. The number of carbonyl (C=O) groups excluding carboxylic acids is 2. The lowest BCUT2D eigenvalue weighted by Gasteiger charge is -2.31. The van der Waals surface area contributed by atoms with Crippen LogP contribution in [0, 0.1) is 5.82 Å². The van der Waals surface area contributed by atoms with E-state index in [1.807, 2.05) is 60.7 Å². The first-order valence-electron chi connectivity index (χ1n) is 11.4. The number of thioether (sulfide) groups is 1. The Bertz CT molecular complexity index is 1420. The number of fused-ring (bicyclic) bond motifs is 1. The summed E-state index contributed by atoms with van der Waals surface area (Å²) in [4.78, 5) is 33.8. The number of hydrogen-bond acceptors (Lipinski definition) is 4. The van der Waals surface area contributed by atoms with Crippen LogP contribution < -0.4 is 10.2 Å². The highest BCUT2D eigenvalue weighted by atomic mass is 32.2. The smallest absolute Gasteiger partial charge is 0.265 e. The van der Waals surface area contributed by atoms with E-state index in [2.05, 4.69) is 10.3 Å². The first-order chi connectivity index (χ1) is 17.6. The zero-order chi connectivity index (χ0) is 24.9. The van der Waals surface area contributed by atoms with Crippen molar-refractivity contribution in [2.45, 2.75) is 18.0 Å². The molecular weight excluding hydrogens is 473 g/mol. The van der Waals surface area contributed by atoms with E-state index >= 15 is 0 Å². The molecule has 2 amide bonds. The lowest BCUT2D eigenvalue weighted by Crippen LogP contribution is -2.34. The van der Waals surface area contributed by atoms with Crippen molar-refractivity contribution in [1.29, 1.82) is 0 Å². The molecule has 36 heavy (non-hydrogen) atoms. The van der Waals surface area contributed by atoms with E-state index in [0.29, 0.717) is 22.7 Å². The lowest BCUT2D eigenvalue weighted by atomic mass is 10.1. The van der Waals surface area contributed by atoms with Crippen LogP contribution >= 0.6 is 11.8 Å². The Morgan fingerprint density at radius 2 is 1.75 bits per heavy atom. The van der Waals surface area contributed by atoms with Gasteiger partial charge in [0.05, 0.1) is 29.4 Å². The molecule has 0 radical (unpaired) electrons. The van der Waals surface area contributed by atoms with Crippen LogP contribution in [0.5, 0.6) is 0 Å². The van der Waals surface area contributed by atoms with Gasteiger partial charge in [-0.25, -0.2) is 4.39 Å². The summed E-state index contributed by atoms with van der Waals surface area (Å²) in [5.74, 6) is -0.767. The predicted octanol–water partition coefficient (Wildman–Crippen LogP) is 5.83. The summed E-state index contributed by atoms with van der Waals surface area (Å²) < 4.78 is 13.5. The minimum Gasteiger partial charge on any atom is -0.346 e. The maximum Gasteiger partial charge on any atom is 0.265 e. The van der Waals surface area contributed by atoms with Gasteiger partial charge in [0, 0.05) is 16.7 Å². The molecule has 0 atom stereocenters. The number of nitrogens with one attached hydrogen (secondary N) is 1. The average Bonchev–Trinajstić information content (AvgIpc) is 2.91. The third kappa shape index (κ3) is 5.37. The molecule has 5 rings (SSSR count). The van der Waals surface area contributed by atoms with Crippen LogP contribution in [-0.2, 0) is 17.9 Å². The second-order valence-electron chi connectivity index (χ2n) is 8.23. The van der Waals surface area contributed by atoms with Gasteiger partial charge >= 0.3 is 0 Å². The predicted molar refractivity (Wildman–Crippen MR) is 140 cm³/mol. The Hall–Kier alpha value is -4.23. The highest BCUT2D eigenvalue weighted by Crippen LogP contribution is 2.43. The fraction of sp³-hybridized carbons (Fsp3) is 0.0690. The van der Waals surface area contributed by atoms with Gasteiger partial charge in [-0.3, -0.25) is 14.6 Å². The molecular formula is C29H22FN3O2S. The fourth-order valence-electron chi connectivity index (χ4n) is 3.86. The number of rotatable bonds is 6. The van der Waals surface area contributed by atoms with E-state index in [1.54, 1.807) is 35.4 Å². The number of benzene rings is 3. The molecule has 1 aliphatic heterocycles. The van der Waals surface area contributed by atoms with Gasteiger partial charge in [0.2, 0.25) is 0 Å². The van der Waals surface area contributed by atoms with Crippen molar-refractivity contribution in [2.75, 3.05) is 4.90 Å². The molecule has 0 fully saturated rings. The molecule has 2 heterocycles. The van der Waals surface area contributed by atoms with E-state index < -0.39 is 0 Å². The van der Waals surface area contributed by atoms with Crippen LogP contribution in [0.25, 0.3) is 6.08 Å². The molecule has 0 saturated heterocycles. The van der Waals surface area contributed by atoms with Gasteiger partial charge in [0.1, 0.15) is 5.82 Å². The topological polar surface area (TPSA) is 62.3 Å². The summed E-state index contributed by atoms with van der Waals surface area (Å²) in [6, 6.07) is 26.6. The summed E-state index contributed by atoms with van der Waals surface area (Å²) in [6.45, 7) is 0.547. The largest absolute Gasteiger partial charge is 0.346 e. The van der Waals surface area contributed by atoms with Crippen molar-refractivity contribution in [1.82, 2.24) is 10.3 Å². The quantitative estimate of drug-likeness (QED) is 0.342. The highest BCUT2D eigenvalue weighted by Gasteiger charge is 2.30. The second kappa shape index (κ2) is 10.6. The zero-order valence-electron chi connectivity index (χ0n) is 19.2. The standard InChI is InChI=1S/C29H22FN3O2S/c30-23-12-9-21(10-13-23)19-33-25-17-22(28(34)32-18-24-8-4-5-15-31-24)11-14-26(25)36-27(29(33)35)16-20-6-2-1-3-7-20/h1-17H,18-19H2,(H,32,34). The van der Waals surface area contributed by atoms with Crippen LogP contribution in [0.15, 0.2) is 107 Å². The van der Waals surface area contributed by atoms with Crippen molar-refractivity contribution in [3.05, 3.63) is 130 Å². The summed E-state index contributed by atoms with van der Waals surface area (Å²) >= 11 is 1.38. The maximum atomic E-state index is 13.6. The molecule has 0 spiro atoms. The van der Waals surface area contributed by atoms with Gasteiger partial charge in [-0.2, -0.15) is 0 Å². The Morgan fingerprint density at radius 3 is 2.50 bits per heavy atom. The van der Waals surface area contributed by atoms with Crippen LogP contribution in [0.2, 0.25) is 0 Å². The summed E-state index contributed by atoms with van der Waals surface area (Å²) in [5, 5.41) is 2.88. The molecule has 1 aromatic heterocycles. The number of hydrogen-bond donors (Lipinski definition) is 1. The van der Waals surface area contributed by atoms with Gasteiger partial charge in [0.25, 0.3) is 11.8 Å². The molecule has 1 aliphatic rings. The number of pyridine rings is 1. The van der Waals surface area contributed by atoms with E-state index in [9.17, 15) is 14.0 Å². The molecule has 5 nitrogen and oxygen atoms in total. The van der Waals surface area contributed by atoms with Gasteiger partial charge in [-0.05, 0) is 59.7 Å². The van der Waals surface area contributed by atoms with E-state index in [4.69, 9.17) is 0 Å². The molecule has 1 N–H and O–H groups in total. The van der Waals surface area contributed by atoms with Crippen LogP contribution in [-0.4, -0.2) is 16.8 Å². The van der Waals surface area contributed by atoms with Gasteiger partial charge < -0.3 is 10.2 Å². The molecule has 0 unspecified atom stereocenters. The van der Waals surface area contributed by atoms with Crippen molar-refractivity contribution in [2.24, 2.45) is 0 Å². The maximum absolute atomic E-state index is 13.6. The first kappa shape index (κ1) is 23.5. The van der Waals surface area contributed by atoms with Gasteiger partial charge in [-0.15, -0.1) is 0 Å². The number of carbonyl (C=O) groups is 2. The molecule has 178 valence electrons. The van der Waals surface area contributed by atoms with E-state index in [-0.39, 0.29) is 24.2 Å². The van der Waals surface area contributed by atoms with Crippen LogP contribution in [0.1, 0.15) is 27.2 Å². The molecule has 0 aliphatic carbocycles. The average molecular weight is 496 g/mol. The number of nitrogens with zero attached hydrogens (tertiary/aromatic N) is 2. The Labute approximate surface area is 212 Å². The number of halogens is 1. The van der Waals surface area contributed by atoms with Crippen molar-refractivity contribution in [3.8, 4) is 0 Å². The van der Waals surface area contributed by atoms with Crippen LogP contribution in [0.3, 0.4) is 0 Å². The first-order valence-corrected chi connectivity index (χ1v) is 12.2. The van der Waals surface area contributed by atoms with Crippen molar-refractivity contribution in [3.63, 3.8) is 0 Å². The fourth-order valence-corrected chi connectivity index (χ4v) is 4.90. The van der Waals surface area contributed by atoms with E-state index in [0.717, 1.165) is 21.7 Å². The third-order valence-electron chi connectivity index (χ3n) is 5.70. The normalized spacial score (nSPS) is 14.0. The summed E-state index contributed by atoms with van der Waals surface area (Å²) in [5.41, 5.74) is 3.54. The summed E-state index contributed by atoms with van der Waals surface area (Å²) in [6.07, 6.45) is 3.54. The monoisotopic (exact) mass is 495 g/mol. The number of aromatic nitrogens is 1. The minimum atomic E-state index is -0.337. The highest BCUT2D eigenvalue weighted by molar-refractivity contribution is 8.04. The molecule has 3 aromatic carbocycles. The van der Waals surface area contributed by atoms with Gasteiger partial charge in [-0.1, -0.05) is 60.3 Å². The third-order valence-corrected chi connectivity index (χ3v) is 6.77. The van der Waals surface area contributed by atoms with Crippen molar-refractivity contribution < 1.29 is 14.0 Å². The molecule has 0 saturated carbocycles. The Morgan fingerprint density at radius 1 is 0.972 bits per heavy atom. The zero-order valence-corrected chi connectivity index (χ0v) is 20.0. The molecule has 7 heteroatoms. The molecule has 0 bridgehead atoms. The Balaban J connectivity index is 1.47. The Kier molecular flexibility index (Phi) is 6.91. The number of anilines is 1. The number of amides is 2. The van der Waals surface area contributed by atoms with Crippen molar-refractivity contribution >= 4 is 35.3 Å².